The molecule has 1 aliphatic rings. The van der Waals surface area contributed by atoms with Crippen LogP contribution in [0.25, 0.3) is 10.8 Å². The first-order chi connectivity index (χ1) is 7.40. The second kappa shape index (κ2) is 3.09. The Morgan fingerprint density at radius 3 is 2.67 bits per heavy atom. The average molecular weight is 198 g/mol. The van der Waals surface area contributed by atoms with Crippen LogP contribution in [0.5, 0.6) is 5.75 Å². The third-order valence-electron chi connectivity index (χ3n) is 3.01. The van der Waals surface area contributed by atoms with Crippen molar-refractivity contribution in [1.29, 1.82) is 0 Å². The van der Waals surface area contributed by atoms with Gasteiger partial charge in [-0.3, -0.25) is 4.79 Å². The van der Waals surface area contributed by atoms with E-state index in [1.165, 1.54) is 16.5 Å². The predicted molar refractivity (Wildman–Crippen MR) is 58.0 cm³/mol. The monoisotopic (exact) mass is 198 g/mol. The zero-order valence-corrected chi connectivity index (χ0v) is 8.19. The van der Waals surface area contributed by atoms with Crippen LogP contribution in [0, 0.1) is 0 Å². The van der Waals surface area contributed by atoms with Gasteiger partial charge in [0.05, 0.1) is 0 Å². The molecule has 0 aromatic heterocycles. The third-order valence-corrected chi connectivity index (χ3v) is 3.01. The molecule has 0 saturated carbocycles. The van der Waals surface area contributed by atoms with Crippen molar-refractivity contribution < 1.29 is 9.53 Å². The fourth-order valence-electron chi connectivity index (χ4n) is 2.37. The van der Waals surface area contributed by atoms with Crippen molar-refractivity contribution in [3.05, 3.63) is 41.5 Å². The zero-order valence-electron chi connectivity index (χ0n) is 8.19. The molecular formula is C13H10O2. The first-order valence-electron chi connectivity index (χ1n) is 5.04. The van der Waals surface area contributed by atoms with Gasteiger partial charge in [0.1, 0.15) is 5.75 Å². The molecule has 74 valence electrons. The van der Waals surface area contributed by atoms with Gasteiger partial charge in [0.15, 0.2) is 0 Å². The first-order valence-corrected chi connectivity index (χ1v) is 5.04. The average Bonchev–Trinajstić information content (AvgIpc) is 2.68. The van der Waals surface area contributed by atoms with Gasteiger partial charge in [0.25, 0.3) is 6.47 Å². The molecule has 0 radical (unpaired) electrons. The summed E-state index contributed by atoms with van der Waals surface area (Å²) >= 11 is 0. The number of hydrogen-bond donors (Lipinski definition) is 0. The van der Waals surface area contributed by atoms with Crippen LogP contribution >= 0.6 is 0 Å². The van der Waals surface area contributed by atoms with Crippen LogP contribution in [0.2, 0.25) is 0 Å². The molecule has 2 nitrogen and oxygen atoms in total. The highest BCUT2D eigenvalue weighted by molar-refractivity contribution is 5.95. The molecule has 3 rings (SSSR count). The molecule has 0 spiro atoms. The van der Waals surface area contributed by atoms with E-state index >= 15 is 0 Å². The topological polar surface area (TPSA) is 26.3 Å². The Balaban J connectivity index is 2.38. The summed E-state index contributed by atoms with van der Waals surface area (Å²) in [7, 11) is 0. The molecule has 2 aromatic rings. The van der Waals surface area contributed by atoms with Gasteiger partial charge in [-0.15, -0.1) is 0 Å². The normalized spacial score (nSPS) is 13.1. The Labute approximate surface area is 87.5 Å². The quantitative estimate of drug-likeness (QED) is 0.693. The van der Waals surface area contributed by atoms with Crippen LogP contribution in [0.4, 0.5) is 0 Å². The van der Waals surface area contributed by atoms with E-state index in [2.05, 4.69) is 12.1 Å². The maximum Gasteiger partial charge on any atom is 0.298 e. The van der Waals surface area contributed by atoms with Crippen LogP contribution in [0.1, 0.15) is 11.1 Å². The Hall–Kier alpha value is -1.83. The summed E-state index contributed by atoms with van der Waals surface area (Å²) in [5, 5.41) is 2.33. The molecule has 0 aliphatic heterocycles. The maximum atomic E-state index is 10.4. The fraction of sp³-hybridized carbons (Fsp3) is 0.154. The van der Waals surface area contributed by atoms with Gasteiger partial charge in [-0.25, -0.2) is 0 Å². The van der Waals surface area contributed by atoms with Gasteiger partial charge in [0, 0.05) is 5.39 Å². The summed E-state index contributed by atoms with van der Waals surface area (Å²) < 4.78 is 4.98. The van der Waals surface area contributed by atoms with Crippen molar-refractivity contribution >= 4 is 17.2 Å². The zero-order chi connectivity index (χ0) is 10.3. The van der Waals surface area contributed by atoms with Crippen molar-refractivity contribution in [2.75, 3.05) is 0 Å². The summed E-state index contributed by atoms with van der Waals surface area (Å²) in [4.78, 5) is 10.4. The van der Waals surface area contributed by atoms with Crippen molar-refractivity contribution in [2.24, 2.45) is 0 Å². The lowest BCUT2D eigenvalue weighted by molar-refractivity contribution is -0.120. The second-order valence-electron chi connectivity index (χ2n) is 3.78. The lowest BCUT2D eigenvalue weighted by Gasteiger charge is -2.05. The van der Waals surface area contributed by atoms with Crippen LogP contribution in [0.3, 0.4) is 0 Å². The van der Waals surface area contributed by atoms with E-state index in [1.54, 1.807) is 0 Å². The third kappa shape index (κ3) is 1.14. The maximum absolute atomic E-state index is 10.4. The lowest BCUT2D eigenvalue weighted by Crippen LogP contribution is -1.90. The molecule has 2 heteroatoms. The molecule has 2 aromatic carbocycles. The molecule has 1 aliphatic carbocycles. The first kappa shape index (κ1) is 8.48. The molecule has 0 fully saturated rings. The summed E-state index contributed by atoms with van der Waals surface area (Å²) in [6, 6.07) is 10.1. The van der Waals surface area contributed by atoms with Crippen molar-refractivity contribution in [1.82, 2.24) is 0 Å². The summed E-state index contributed by atoms with van der Waals surface area (Å²) in [6.45, 7) is 0.485. The van der Waals surface area contributed by atoms with Crippen LogP contribution in [-0.2, 0) is 17.6 Å². The minimum Gasteiger partial charge on any atom is -0.428 e. The van der Waals surface area contributed by atoms with Gasteiger partial charge in [0.2, 0.25) is 0 Å². The molecule has 0 bridgehead atoms. The summed E-state index contributed by atoms with van der Waals surface area (Å²) in [6.07, 6.45) is 2.19. The van der Waals surface area contributed by atoms with Gasteiger partial charge >= 0.3 is 0 Å². The van der Waals surface area contributed by atoms with E-state index in [1.807, 2.05) is 18.2 Å². The highest BCUT2D eigenvalue weighted by Crippen LogP contribution is 2.35. The number of aryl methyl sites for hydroxylation is 2. The van der Waals surface area contributed by atoms with Gasteiger partial charge in [-0.05, 0) is 35.4 Å². The number of ether oxygens (including phenoxy) is 1. The summed E-state index contributed by atoms with van der Waals surface area (Å²) in [5.41, 5.74) is 2.72. The number of hydrogen-bond acceptors (Lipinski definition) is 2. The number of benzene rings is 2. The standard InChI is InChI=1S/C13H10O2/c14-8-15-12-7-6-10-5-4-9-2-1-3-11(12)13(9)10/h1-3,6-8H,4-5H2. The van der Waals surface area contributed by atoms with Gasteiger partial charge in [-0.1, -0.05) is 24.3 Å². The molecule has 0 saturated heterocycles. The number of rotatable bonds is 2. The smallest absolute Gasteiger partial charge is 0.298 e. The predicted octanol–water partition coefficient (Wildman–Crippen LogP) is 2.47. The Morgan fingerprint density at radius 2 is 1.87 bits per heavy atom. The van der Waals surface area contributed by atoms with E-state index in [-0.39, 0.29) is 0 Å². The van der Waals surface area contributed by atoms with Crippen molar-refractivity contribution in [3.8, 4) is 5.75 Å². The number of carbonyl (C=O) groups is 1. The van der Waals surface area contributed by atoms with E-state index in [9.17, 15) is 4.79 Å². The van der Waals surface area contributed by atoms with Crippen LogP contribution < -0.4 is 4.74 Å². The minimum absolute atomic E-state index is 0.485. The lowest BCUT2D eigenvalue weighted by atomic mass is 10.0. The molecule has 15 heavy (non-hydrogen) atoms. The van der Waals surface area contributed by atoms with E-state index in [4.69, 9.17) is 4.74 Å². The van der Waals surface area contributed by atoms with Crippen LogP contribution in [-0.4, -0.2) is 6.47 Å². The van der Waals surface area contributed by atoms with Crippen molar-refractivity contribution in [3.63, 3.8) is 0 Å². The molecule has 0 N–H and O–H groups in total. The summed E-state index contributed by atoms with van der Waals surface area (Å²) in [5.74, 6) is 0.660. The molecule has 0 heterocycles. The second-order valence-corrected chi connectivity index (χ2v) is 3.78. The molecule has 0 unspecified atom stereocenters. The van der Waals surface area contributed by atoms with Gasteiger partial charge in [-0.2, -0.15) is 0 Å². The van der Waals surface area contributed by atoms with E-state index < -0.39 is 0 Å². The highest BCUT2D eigenvalue weighted by atomic mass is 16.5. The Bertz CT molecular complexity index is 533. The molecule has 0 atom stereocenters. The van der Waals surface area contributed by atoms with E-state index in [0.29, 0.717) is 12.2 Å². The fourth-order valence-corrected chi connectivity index (χ4v) is 2.37. The molecular weight excluding hydrogens is 188 g/mol. The highest BCUT2D eigenvalue weighted by Gasteiger charge is 2.15. The number of carbonyl (C=O) groups excluding carboxylic acids is 1. The largest absolute Gasteiger partial charge is 0.428 e. The minimum atomic E-state index is 0.485. The Kier molecular flexibility index (Phi) is 1.75. The van der Waals surface area contributed by atoms with E-state index in [0.717, 1.165) is 18.2 Å². The Morgan fingerprint density at radius 1 is 1.07 bits per heavy atom. The molecule has 0 amide bonds. The van der Waals surface area contributed by atoms with Crippen LogP contribution in [0.15, 0.2) is 30.3 Å². The SMILES string of the molecule is O=COc1ccc2c3c(cccc13)CC2. The van der Waals surface area contributed by atoms with Gasteiger partial charge < -0.3 is 4.74 Å². The van der Waals surface area contributed by atoms with Crippen molar-refractivity contribution in [2.45, 2.75) is 12.8 Å².